The van der Waals surface area contributed by atoms with E-state index in [1.54, 1.807) is 0 Å². The van der Waals surface area contributed by atoms with Crippen LogP contribution in [0.2, 0.25) is 0 Å². The van der Waals surface area contributed by atoms with Crippen molar-refractivity contribution in [2.24, 2.45) is 0 Å². The molecule has 0 aromatic heterocycles. The number of ether oxygens (including phenoxy) is 1. The molecule has 0 aromatic carbocycles. The Kier molecular flexibility index (Phi) is 31.7. The Balaban J connectivity index is 3.81. The average Bonchev–Trinajstić information content (AvgIpc) is 2.92. The number of rotatable bonds is 32. The fraction of sp³-hybridized carbons (Fsp3) is 0.917. The molecule has 0 saturated heterocycles. The maximum absolute atomic E-state index is 12.5. The standard InChI is InChI=1S/C36H70O2/c1-4-7-10-13-16-17-18-19-20-21-22-23-25-28-31-34-36(37)38-35(32-29-26-15-12-9-6-3)33-30-27-24-14-11-8-5-2/h6,35H,3-5,7-34H2,1-2H3. The van der Waals surface area contributed by atoms with Crippen molar-refractivity contribution in [2.45, 2.75) is 213 Å². The van der Waals surface area contributed by atoms with E-state index < -0.39 is 0 Å². The Hall–Kier alpha value is -0.790. The molecule has 0 rings (SSSR count). The number of unbranched alkanes of at least 4 members (excludes halogenated alkanes) is 24. The van der Waals surface area contributed by atoms with Gasteiger partial charge in [-0.05, 0) is 44.9 Å². The molecule has 0 aliphatic rings. The Morgan fingerprint density at radius 3 is 1.26 bits per heavy atom. The zero-order chi connectivity index (χ0) is 27.8. The second-order valence-corrected chi connectivity index (χ2v) is 12.0. The fourth-order valence-electron chi connectivity index (χ4n) is 5.49. The van der Waals surface area contributed by atoms with Gasteiger partial charge in [-0.25, -0.2) is 0 Å². The highest BCUT2D eigenvalue weighted by Crippen LogP contribution is 2.19. The number of esters is 1. The molecular weight excluding hydrogens is 464 g/mol. The van der Waals surface area contributed by atoms with Gasteiger partial charge in [0, 0.05) is 6.42 Å². The fourth-order valence-corrected chi connectivity index (χ4v) is 5.49. The summed E-state index contributed by atoms with van der Waals surface area (Å²) in [5.41, 5.74) is 0. The Bertz CT molecular complexity index is 472. The lowest BCUT2D eigenvalue weighted by molar-refractivity contribution is -0.150. The van der Waals surface area contributed by atoms with Gasteiger partial charge in [-0.3, -0.25) is 4.79 Å². The van der Waals surface area contributed by atoms with Gasteiger partial charge in [0.15, 0.2) is 0 Å². The summed E-state index contributed by atoms with van der Waals surface area (Å²) in [6.07, 6.45) is 40.5. The number of carbonyl (C=O) groups is 1. The Labute approximate surface area is 240 Å². The third-order valence-electron chi connectivity index (χ3n) is 8.10. The van der Waals surface area contributed by atoms with E-state index in [1.807, 2.05) is 6.08 Å². The summed E-state index contributed by atoms with van der Waals surface area (Å²) < 4.78 is 5.99. The van der Waals surface area contributed by atoms with E-state index in [4.69, 9.17) is 4.74 Å². The average molecular weight is 535 g/mol. The van der Waals surface area contributed by atoms with Crippen LogP contribution in [-0.2, 0) is 9.53 Å². The highest BCUT2D eigenvalue weighted by molar-refractivity contribution is 5.69. The third-order valence-corrected chi connectivity index (χ3v) is 8.10. The van der Waals surface area contributed by atoms with Crippen LogP contribution in [-0.4, -0.2) is 12.1 Å². The molecule has 0 aliphatic carbocycles. The van der Waals surface area contributed by atoms with Gasteiger partial charge >= 0.3 is 5.97 Å². The van der Waals surface area contributed by atoms with Crippen molar-refractivity contribution in [3.63, 3.8) is 0 Å². The first-order chi connectivity index (χ1) is 18.7. The largest absolute Gasteiger partial charge is 0.462 e. The Morgan fingerprint density at radius 1 is 0.526 bits per heavy atom. The minimum Gasteiger partial charge on any atom is -0.462 e. The van der Waals surface area contributed by atoms with E-state index in [2.05, 4.69) is 20.4 Å². The molecule has 0 N–H and O–H groups in total. The van der Waals surface area contributed by atoms with E-state index in [9.17, 15) is 4.79 Å². The van der Waals surface area contributed by atoms with E-state index in [-0.39, 0.29) is 12.1 Å². The molecule has 226 valence electrons. The molecule has 0 bridgehead atoms. The van der Waals surface area contributed by atoms with Gasteiger partial charge in [-0.2, -0.15) is 0 Å². The normalized spacial score (nSPS) is 12.1. The maximum atomic E-state index is 12.5. The molecule has 0 heterocycles. The number of allylic oxidation sites excluding steroid dienone is 1. The van der Waals surface area contributed by atoms with E-state index in [1.165, 1.54) is 161 Å². The summed E-state index contributed by atoms with van der Waals surface area (Å²) in [5, 5.41) is 0. The van der Waals surface area contributed by atoms with Crippen molar-refractivity contribution in [1.29, 1.82) is 0 Å². The van der Waals surface area contributed by atoms with Crippen LogP contribution < -0.4 is 0 Å². The quantitative estimate of drug-likeness (QED) is 0.0487. The van der Waals surface area contributed by atoms with E-state index >= 15 is 0 Å². The van der Waals surface area contributed by atoms with Crippen LogP contribution in [0.25, 0.3) is 0 Å². The smallest absolute Gasteiger partial charge is 0.306 e. The minimum atomic E-state index is 0.0549. The zero-order valence-electron chi connectivity index (χ0n) is 26.4. The topological polar surface area (TPSA) is 26.3 Å². The van der Waals surface area contributed by atoms with Gasteiger partial charge in [-0.1, -0.05) is 161 Å². The second-order valence-electron chi connectivity index (χ2n) is 12.0. The van der Waals surface area contributed by atoms with E-state index in [0.717, 1.165) is 25.7 Å². The van der Waals surface area contributed by atoms with Crippen LogP contribution in [0.15, 0.2) is 12.7 Å². The summed E-state index contributed by atoms with van der Waals surface area (Å²) >= 11 is 0. The summed E-state index contributed by atoms with van der Waals surface area (Å²) in [6.45, 7) is 8.38. The van der Waals surface area contributed by atoms with Crippen molar-refractivity contribution >= 4 is 5.97 Å². The van der Waals surface area contributed by atoms with Crippen LogP contribution in [0.4, 0.5) is 0 Å². The summed E-state index contributed by atoms with van der Waals surface area (Å²) in [7, 11) is 0. The molecule has 0 aromatic rings. The van der Waals surface area contributed by atoms with Gasteiger partial charge in [-0.15, -0.1) is 6.58 Å². The maximum Gasteiger partial charge on any atom is 0.306 e. The third kappa shape index (κ3) is 29.8. The molecule has 0 spiro atoms. The lowest BCUT2D eigenvalue weighted by Gasteiger charge is -2.18. The van der Waals surface area contributed by atoms with Crippen molar-refractivity contribution in [2.75, 3.05) is 0 Å². The molecule has 0 fully saturated rings. The molecule has 0 saturated carbocycles. The van der Waals surface area contributed by atoms with Gasteiger partial charge in [0.25, 0.3) is 0 Å². The molecule has 1 unspecified atom stereocenters. The lowest BCUT2D eigenvalue weighted by atomic mass is 10.0. The second kappa shape index (κ2) is 32.4. The van der Waals surface area contributed by atoms with Crippen LogP contribution in [0.5, 0.6) is 0 Å². The molecule has 2 nitrogen and oxygen atoms in total. The highest BCUT2D eigenvalue weighted by Gasteiger charge is 2.14. The van der Waals surface area contributed by atoms with Gasteiger partial charge in [0.05, 0.1) is 0 Å². The first kappa shape index (κ1) is 37.2. The molecule has 0 radical (unpaired) electrons. The lowest BCUT2D eigenvalue weighted by Crippen LogP contribution is -2.18. The van der Waals surface area contributed by atoms with Crippen molar-refractivity contribution in [1.82, 2.24) is 0 Å². The molecule has 2 heteroatoms. The number of hydrogen-bond donors (Lipinski definition) is 0. The predicted octanol–water partition coefficient (Wildman–Crippen LogP) is 12.8. The molecule has 38 heavy (non-hydrogen) atoms. The molecule has 0 aliphatic heterocycles. The van der Waals surface area contributed by atoms with Crippen LogP contribution in [0.3, 0.4) is 0 Å². The van der Waals surface area contributed by atoms with Gasteiger partial charge in [0.2, 0.25) is 0 Å². The SMILES string of the molecule is C=CCCCCCCC(CCCCCCCCC)OC(=O)CCCCCCCCCCCCCCCCC. The first-order valence-corrected chi connectivity index (χ1v) is 17.5. The summed E-state index contributed by atoms with van der Waals surface area (Å²) in [6, 6.07) is 0. The first-order valence-electron chi connectivity index (χ1n) is 17.5. The number of carbonyl (C=O) groups excluding carboxylic acids is 1. The molecule has 1 atom stereocenters. The number of hydrogen-bond acceptors (Lipinski definition) is 2. The molecule has 0 amide bonds. The monoisotopic (exact) mass is 535 g/mol. The van der Waals surface area contributed by atoms with Crippen LogP contribution in [0, 0.1) is 0 Å². The van der Waals surface area contributed by atoms with Crippen molar-refractivity contribution in [3.05, 3.63) is 12.7 Å². The predicted molar refractivity (Wildman–Crippen MR) is 170 cm³/mol. The van der Waals surface area contributed by atoms with E-state index in [0.29, 0.717) is 6.42 Å². The van der Waals surface area contributed by atoms with Crippen molar-refractivity contribution < 1.29 is 9.53 Å². The molecular formula is C36H70O2. The van der Waals surface area contributed by atoms with Crippen LogP contribution >= 0.6 is 0 Å². The Morgan fingerprint density at radius 2 is 0.868 bits per heavy atom. The van der Waals surface area contributed by atoms with Gasteiger partial charge in [0.1, 0.15) is 6.10 Å². The zero-order valence-corrected chi connectivity index (χ0v) is 26.4. The highest BCUT2D eigenvalue weighted by atomic mass is 16.5. The minimum absolute atomic E-state index is 0.0549. The van der Waals surface area contributed by atoms with Crippen molar-refractivity contribution in [3.8, 4) is 0 Å². The van der Waals surface area contributed by atoms with Crippen LogP contribution in [0.1, 0.15) is 206 Å². The summed E-state index contributed by atoms with van der Waals surface area (Å²) in [5.74, 6) is 0.0549. The van der Waals surface area contributed by atoms with Gasteiger partial charge < -0.3 is 4.74 Å². The summed E-state index contributed by atoms with van der Waals surface area (Å²) in [4.78, 5) is 12.5.